The molecule has 0 bridgehead atoms. The number of carbonyl (C=O) groups excluding carboxylic acids is 1. The molecule has 142 valence electrons. The van der Waals surface area contributed by atoms with Crippen molar-refractivity contribution in [3.8, 4) is 17.2 Å². The first-order valence-corrected chi connectivity index (χ1v) is 9.39. The first kappa shape index (κ1) is 17.9. The van der Waals surface area contributed by atoms with Gasteiger partial charge in [0.25, 0.3) is 5.56 Å². The summed E-state index contributed by atoms with van der Waals surface area (Å²) in [5, 5.41) is 7.35. The van der Waals surface area contributed by atoms with Crippen LogP contribution in [0.25, 0.3) is 21.7 Å². The highest BCUT2D eigenvalue weighted by Crippen LogP contribution is 2.29. The first-order chi connectivity index (χ1) is 13.6. The van der Waals surface area contributed by atoms with Crippen molar-refractivity contribution < 1.29 is 13.9 Å². The number of nitrogens with one attached hydrogen (secondary N) is 1. The molecule has 4 aromatic rings. The molecule has 0 atom stereocenters. The predicted molar refractivity (Wildman–Crippen MR) is 106 cm³/mol. The van der Waals surface area contributed by atoms with Gasteiger partial charge in [0.05, 0.1) is 23.1 Å². The van der Waals surface area contributed by atoms with Crippen molar-refractivity contribution in [2.75, 3.05) is 11.9 Å². The maximum Gasteiger partial charge on any atom is 0.267 e. The van der Waals surface area contributed by atoms with Crippen LogP contribution in [-0.2, 0) is 11.3 Å². The molecule has 1 aromatic carbocycles. The van der Waals surface area contributed by atoms with Gasteiger partial charge in [-0.05, 0) is 43.3 Å². The van der Waals surface area contributed by atoms with Crippen LogP contribution < -0.4 is 15.6 Å². The highest BCUT2D eigenvalue weighted by Gasteiger charge is 2.12. The lowest BCUT2D eigenvalue weighted by Gasteiger charge is -2.05. The molecule has 3 aromatic heterocycles. The molecule has 4 rings (SSSR count). The van der Waals surface area contributed by atoms with Crippen LogP contribution in [0.5, 0.6) is 5.75 Å². The molecule has 28 heavy (non-hydrogen) atoms. The second-order valence-corrected chi connectivity index (χ2v) is 6.85. The molecular formula is C19H16N4O4S. The number of hydrogen-bond acceptors (Lipinski definition) is 7. The smallest absolute Gasteiger partial charge is 0.267 e. The minimum Gasteiger partial charge on any atom is -0.494 e. The van der Waals surface area contributed by atoms with E-state index in [-0.39, 0.29) is 12.1 Å². The van der Waals surface area contributed by atoms with E-state index in [9.17, 15) is 9.59 Å². The fraction of sp³-hybridized carbons (Fsp3) is 0.158. The van der Waals surface area contributed by atoms with Gasteiger partial charge < -0.3 is 14.5 Å². The van der Waals surface area contributed by atoms with E-state index in [0.29, 0.717) is 23.2 Å². The maximum atomic E-state index is 12.4. The van der Waals surface area contributed by atoms with Crippen LogP contribution in [-0.4, -0.2) is 27.3 Å². The molecule has 0 saturated carbocycles. The number of anilines is 1. The molecule has 9 heteroatoms. The summed E-state index contributed by atoms with van der Waals surface area (Å²) in [4.78, 5) is 28.8. The van der Waals surface area contributed by atoms with Crippen molar-refractivity contribution in [1.82, 2.24) is 14.8 Å². The minimum atomic E-state index is -0.393. The Morgan fingerprint density at radius 3 is 2.96 bits per heavy atom. The van der Waals surface area contributed by atoms with Crippen molar-refractivity contribution >= 4 is 32.6 Å². The van der Waals surface area contributed by atoms with Crippen LogP contribution in [0, 0.1) is 0 Å². The van der Waals surface area contributed by atoms with E-state index >= 15 is 0 Å². The van der Waals surface area contributed by atoms with E-state index in [2.05, 4.69) is 15.4 Å². The summed E-state index contributed by atoms with van der Waals surface area (Å²) in [6.45, 7) is 2.26. The average Bonchev–Trinajstić information content (AvgIpc) is 3.33. The molecule has 1 N–H and O–H groups in total. The number of carbonyl (C=O) groups is 1. The fourth-order valence-corrected chi connectivity index (χ4v) is 3.54. The van der Waals surface area contributed by atoms with Gasteiger partial charge in [-0.25, -0.2) is 9.67 Å². The SMILES string of the molecule is CCOc1ccc2nc(NC(=O)Cn3nc(-c4ccco4)ccc3=O)sc2c1. The van der Waals surface area contributed by atoms with Crippen molar-refractivity contribution in [2.45, 2.75) is 13.5 Å². The standard InChI is InChI=1S/C19H16N4O4S/c1-2-26-12-5-6-14-16(10-12)28-19(20-14)21-17(24)11-23-18(25)8-7-13(22-23)15-4-3-9-27-15/h3-10H,2,11H2,1H3,(H,20,21,24). The molecule has 0 saturated heterocycles. The second-order valence-electron chi connectivity index (χ2n) is 5.82. The van der Waals surface area contributed by atoms with E-state index < -0.39 is 5.91 Å². The average molecular weight is 396 g/mol. The van der Waals surface area contributed by atoms with Crippen LogP contribution in [0.2, 0.25) is 0 Å². The lowest BCUT2D eigenvalue weighted by atomic mass is 10.3. The molecule has 0 aliphatic rings. The number of ether oxygens (including phenoxy) is 1. The van der Waals surface area contributed by atoms with Gasteiger partial charge in [-0.1, -0.05) is 11.3 Å². The summed E-state index contributed by atoms with van der Waals surface area (Å²) in [5.74, 6) is 0.878. The zero-order chi connectivity index (χ0) is 19.5. The van der Waals surface area contributed by atoms with Crippen LogP contribution in [0.4, 0.5) is 5.13 Å². The van der Waals surface area contributed by atoms with Crippen LogP contribution >= 0.6 is 11.3 Å². The summed E-state index contributed by atoms with van der Waals surface area (Å²) < 4.78 is 12.7. The Morgan fingerprint density at radius 1 is 1.29 bits per heavy atom. The van der Waals surface area contributed by atoms with Gasteiger partial charge in [0.1, 0.15) is 18.0 Å². The topological polar surface area (TPSA) is 99.2 Å². The zero-order valence-corrected chi connectivity index (χ0v) is 15.7. The maximum absolute atomic E-state index is 12.4. The van der Waals surface area contributed by atoms with Crippen molar-refractivity contribution in [2.24, 2.45) is 0 Å². The van der Waals surface area contributed by atoms with Gasteiger partial charge in [0.2, 0.25) is 5.91 Å². The number of furan rings is 1. The molecule has 1 amide bonds. The van der Waals surface area contributed by atoms with Gasteiger partial charge in [0, 0.05) is 6.07 Å². The molecule has 0 radical (unpaired) electrons. The summed E-state index contributed by atoms with van der Waals surface area (Å²) in [7, 11) is 0. The molecule has 0 aliphatic heterocycles. The van der Waals surface area contributed by atoms with Crippen LogP contribution in [0.1, 0.15) is 6.92 Å². The lowest BCUT2D eigenvalue weighted by molar-refractivity contribution is -0.117. The molecule has 0 aliphatic carbocycles. The second kappa shape index (κ2) is 7.65. The zero-order valence-electron chi connectivity index (χ0n) is 14.9. The number of rotatable bonds is 6. The summed E-state index contributed by atoms with van der Waals surface area (Å²) in [5.41, 5.74) is 0.857. The number of thiazole rings is 1. The largest absolute Gasteiger partial charge is 0.494 e. The highest BCUT2D eigenvalue weighted by molar-refractivity contribution is 7.22. The third-order valence-corrected chi connectivity index (χ3v) is 4.78. The normalized spacial score (nSPS) is 10.9. The lowest BCUT2D eigenvalue weighted by Crippen LogP contribution is -2.29. The van der Waals surface area contributed by atoms with E-state index in [1.807, 2.05) is 25.1 Å². The Morgan fingerprint density at radius 2 is 2.18 bits per heavy atom. The van der Waals surface area contributed by atoms with Crippen molar-refractivity contribution in [3.05, 3.63) is 59.1 Å². The van der Waals surface area contributed by atoms with Gasteiger partial charge in [0.15, 0.2) is 10.9 Å². The van der Waals surface area contributed by atoms with E-state index in [1.165, 1.54) is 23.7 Å². The van der Waals surface area contributed by atoms with Gasteiger partial charge in [-0.15, -0.1) is 0 Å². The van der Waals surface area contributed by atoms with E-state index in [1.54, 1.807) is 18.2 Å². The van der Waals surface area contributed by atoms with Crippen LogP contribution in [0.3, 0.4) is 0 Å². The third kappa shape index (κ3) is 3.79. The van der Waals surface area contributed by atoms with Crippen molar-refractivity contribution in [1.29, 1.82) is 0 Å². The van der Waals surface area contributed by atoms with Gasteiger partial charge in [-0.3, -0.25) is 9.59 Å². The number of nitrogens with zero attached hydrogens (tertiary/aromatic N) is 3. The van der Waals surface area contributed by atoms with Crippen LogP contribution in [0.15, 0.2) is 57.9 Å². The number of amides is 1. The van der Waals surface area contributed by atoms with Gasteiger partial charge in [-0.2, -0.15) is 5.10 Å². The third-order valence-electron chi connectivity index (χ3n) is 3.85. The molecule has 0 spiro atoms. The molecule has 0 fully saturated rings. The predicted octanol–water partition coefficient (Wildman–Crippen LogP) is 3.15. The number of benzene rings is 1. The number of fused-ring (bicyclic) bond motifs is 1. The summed E-state index contributed by atoms with van der Waals surface area (Å²) in [6.07, 6.45) is 1.52. The fourth-order valence-electron chi connectivity index (χ4n) is 2.63. The van der Waals surface area contributed by atoms with E-state index in [0.717, 1.165) is 20.6 Å². The minimum absolute atomic E-state index is 0.229. The molecule has 8 nitrogen and oxygen atoms in total. The molecule has 0 unspecified atom stereocenters. The van der Waals surface area contributed by atoms with Crippen molar-refractivity contribution in [3.63, 3.8) is 0 Å². The quantitative estimate of drug-likeness (QED) is 0.537. The Labute approximate surface area is 163 Å². The highest BCUT2D eigenvalue weighted by atomic mass is 32.1. The monoisotopic (exact) mass is 396 g/mol. The Balaban J connectivity index is 1.51. The van der Waals surface area contributed by atoms with E-state index in [4.69, 9.17) is 9.15 Å². The summed E-state index contributed by atoms with van der Waals surface area (Å²) in [6, 6.07) is 11.9. The van der Waals surface area contributed by atoms with Gasteiger partial charge >= 0.3 is 0 Å². The Hall–Kier alpha value is -3.46. The molecular weight excluding hydrogens is 380 g/mol. The Kier molecular flexibility index (Phi) is 4.90. The number of hydrogen-bond donors (Lipinski definition) is 1. The number of aromatic nitrogens is 3. The summed E-state index contributed by atoms with van der Waals surface area (Å²) >= 11 is 1.34. The Bertz CT molecular complexity index is 1180. The molecule has 3 heterocycles. The first-order valence-electron chi connectivity index (χ1n) is 8.57.